The Hall–Kier alpha value is -2.48. The molecule has 0 unspecified atom stereocenters. The van der Waals surface area contributed by atoms with E-state index in [1.54, 1.807) is 32.5 Å². The second-order valence-corrected chi connectivity index (χ2v) is 8.10. The topological polar surface area (TPSA) is 84.3 Å². The van der Waals surface area contributed by atoms with Crippen molar-refractivity contribution in [1.29, 1.82) is 0 Å². The number of imidazole rings is 1. The van der Waals surface area contributed by atoms with Crippen molar-refractivity contribution in [2.24, 2.45) is 5.41 Å². The van der Waals surface area contributed by atoms with Crippen LogP contribution in [0.4, 0.5) is 5.82 Å². The summed E-state index contributed by atoms with van der Waals surface area (Å²) in [6, 6.07) is 7.71. The summed E-state index contributed by atoms with van der Waals surface area (Å²) < 4.78 is 2.68. The molecule has 144 valence electrons. The van der Waals surface area contributed by atoms with E-state index in [2.05, 4.69) is 26.2 Å². The molecule has 7 nitrogen and oxygen atoms in total. The van der Waals surface area contributed by atoms with Crippen molar-refractivity contribution in [3.05, 3.63) is 45.8 Å². The monoisotopic (exact) mass is 434 g/mol. The van der Waals surface area contributed by atoms with E-state index < -0.39 is 5.41 Å². The van der Waals surface area contributed by atoms with Crippen LogP contribution in [0.25, 0.3) is 0 Å². The van der Waals surface area contributed by atoms with Gasteiger partial charge in [0.25, 0.3) is 5.91 Å². The third kappa shape index (κ3) is 5.03. The summed E-state index contributed by atoms with van der Waals surface area (Å²) >= 11 is 3.45. The third-order valence-electron chi connectivity index (χ3n) is 4.01. The first-order chi connectivity index (χ1) is 12.7. The molecule has 0 saturated carbocycles. The van der Waals surface area contributed by atoms with Gasteiger partial charge in [-0.15, -0.1) is 0 Å². The highest BCUT2D eigenvalue weighted by molar-refractivity contribution is 9.10. The van der Waals surface area contributed by atoms with Gasteiger partial charge in [0.05, 0.1) is 0 Å². The molecule has 0 saturated heterocycles. The lowest BCUT2D eigenvalue weighted by Gasteiger charge is -2.19. The summed E-state index contributed by atoms with van der Waals surface area (Å²) in [6.07, 6.45) is 1.69. The zero-order chi connectivity index (χ0) is 20.2. The highest BCUT2D eigenvalue weighted by Gasteiger charge is 2.28. The van der Waals surface area contributed by atoms with Crippen LogP contribution >= 0.6 is 15.9 Å². The molecule has 0 radical (unpaired) electrons. The minimum absolute atomic E-state index is 0.190. The number of nitrogens with one attached hydrogen (secondary N) is 1. The lowest BCUT2D eigenvalue weighted by Crippen LogP contribution is -2.27. The van der Waals surface area contributed by atoms with Gasteiger partial charge in [0.1, 0.15) is 12.1 Å². The number of carbonyl (C=O) groups is 3. The molecule has 1 aromatic carbocycles. The molecule has 0 aliphatic rings. The molecule has 0 atom stereocenters. The van der Waals surface area contributed by atoms with Crippen LogP contribution in [0.5, 0.6) is 0 Å². The molecule has 0 aliphatic carbocycles. The lowest BCUT2D eigenvalue weighted by molar-refractivity contribution is -0.114. The van der Waals surface area contributed by atoms with Gasteiger partial charge in [0.15, 0.2) is 11.5 Å². The standard InChI is InChI=1S/C19H23BrN4O3/c1-19(2,11-25)9-15-22-17(21-12-26)16(18(27)23(3)4)24(15)10-13-6-5-7-14(20)8-13/h5-8,11-12H,9-10H2,1-4H3,(H,21,26). The first-order valence-electron chi connectivity index (χ1n) is 8.40. The van der Waals surface area contributed by atoms with E-state index in [1.807, 2.05) is 24.3 Å². The number of benzene rings is 1. The highest BCUT2D eigenvalue weighted by Crippen LogP contribution is 2.26. The van der Waals surface area contributed by atoms with Crippen molar-refractivity contribution >= 4 is 40.4 Å². The minimum atomic E-state index is -0.655. The van der Waals surface area contributed by atoms with Crippen LogP contribution in [0.3, 0.4) is 0 Å². The molecule has 2 rings (SSSR count). The van der Waals surface area contributed by atoms with E-state index in [4.69, 9.17) is 0 Å². The zero-order valence-electron chi connectivity index (χ0n) is 15.8. The number of amides is 2. The van der Waals surface area contributed by atoms with Crippen LogP contribution in [0, 0.1) is 5.41 Å². The van der Waals surface area contributed by atoms with E-state index in [0.29, 0.717) is 25.2 Å². The van der Waals surface area contributed by atoms with Crippen molar-refractivity contribution in [2.75, 3.05) is 19.4 Å². The summed E-state index contributed by atoms with van der Waals surface area (Å²) in [7, 11) is 3.27. The normalized spacial score (nSPS) is 11.1. The Morgan fingerprint density at radius 2 is 2.04 bits per heavy atom. The Bertz CT molecular complexity index is 859. The molecule has 1 heterocycles. The number of rotatable bonds is 8. The van der Waals surface area contributed by atoms with Crippen molar-refractivity contribution < 1.29 is 14.4 Å². The molecule has 8 heteroatoms. The van der Waals surface area contributed by atoms with Crippen LogP contribution in [0.1, 0.15) is 35.7 Å². The second kappa shape index (κ2) is 8.47. The number of anilines is 1. The Labute approximate surface area is 166 Å². The van der Waals surface area contributed by atoms with Crippen LogP contribution in [0.15, 0.2) is 28.7 Å². The van der Waals surface area contributed by atoms with E-state index >= 15 is 0 Å². The van der Waals surface area contributed by atoms with Gasteiger partial charge in [0.2, 0.25) is 6.41 Å². The van der Waals surface area contributed by atoms with Gasteiger partial charge in [0, 0.05) is 36.9 Å². The SMILES string of the molecule is CN(C)C(=O)c1c(NC=O)nc(CC(C)(C)C=O)n1Cc1cccc(Br)c1. The zero-order valence-corrected chi connectivity index (χ0v) is 17.4. The van der Waals surface area contributed by atoms with E-state index in [9.17, 15) is 14.4 Å². The van der Waals surface area contributed by atoms with E-state index in [-0.39, 0.29) is 17.4 Å². The minimum Gasteiger partial charge on any atom is -0.343 e. The van der Waals surface area contributed by atoms with Crippen LogP contribution in [0.2, 0.25) is 0 Å². The number of nitrogens with zero attached hydrogens (tertiary/aromatic N) is 3. The largest absolute Gasteiger partial charge is 0.343 e. The molecular weight excluding hydrogens is 412 g/mol. The van der Waals surface area contributed by atoms with E-state index in [1.165, 1.54) is 4.90 Å². The summed E-state index contributed by atoms with van der Waals surface area (Å²) in [6.45, 7) is 3.99. The number of hydrogen-bond donors (Lipinski definition) is 1. The smallest absolute Gasteiger partial charge is 0.273 e. The molecule has 1 N–H and O–H groups in total. The predicted octanol–water partition coefficient (Wildman–Crippen LogP) is 2.73. The van der Waals surface area contributed by atoms with Crippen LogP contribution < -0.4 is 5.32 Å². The Balaban J connectivity index is 2.63. The lowest BCUT2D eigenvalue weighted by atomic mass is 9.91. The van der Waals surface area contributed by atoms with E-state index in [0.717, 1.165) is 16.3 Å². The van der Waals surface area contributed by atoms with Gasteiger partial charge < -0.3 is 19.6 Å². The van der Waals surface area contributed by atoms with Gasteiger partial charge >= 0.3 is 0 Å². The van der Waals surface area contributed by atoms with Crippen LogP contribution in [-0.4, -0.2) is 47.1 Å². The van der Waals surface area contributed by atoms with Crippen molar-refractivity contribution in [2.45, 2.75) is 26.8 Å². The van der Waals surface area contributed by atoms with Gasteiger partial charge in [-0.1, -0.05) is 41.9 Å². The number of hydrogen-bond acceptors (Lipinski definition) is 4. The highest BCUT2D eigenvalue weighted by atomic mass is 79.9. The first-order valence-corrected chi connectivity index (χ1v) is 9.20. The van der Waals surface area contributed by atoms with Gasteiger partial charge in [-0.05, 0) is 17.7 Å². The van der Waals surface area contributed by atoms with Crippen molar-refractivity contribution in [1.82, 2.24) is 14.5 Å². The fourth-order valence-electron chi connectivity index (χ4n) is 2.66. The van der Waals surface area contributed by atoms with Crippen molar-refractivity contribution in [3.63, 3.8) is 0 Å². The summed E-state index contributed by atoms with van der Waals surface area (Å²) in [5.41, 5.74) is 0.582. The Morgan fingerprint density at radius 3 is 2.59 bits per heavy atom. The summed E-state index contributed by atoms with van der Waals surface area (Å²) in [5.74, 6) is 0.467. The molecule has 0 bridgehead atoms. The molecule has 27 heavy (non-hydrogen) atoms. The molecule has 0 spiro atoms. The average Bonchev–Trinajstić information content (AvgIpc) is 2.91. The summed E-state index contributed by atoms with van der Waals surface area (Å²) in [5, 5.41) is 2.52. The molecule has 0 aliphatic heterocycles. The molecule has 2 amide bonds. The number of carbonyl (C=O) groups excluding carboxylic acids is 3. The molecule has 1 aromatic heterocycles. The number of aromatic nitrogens is 2. The average molecular weight is 435 g/mol. The second-order valence-electron chi connectivity index (χ2n) is 7.19. The fourth-order valence-corrected chi connectivity index (χ4v) is 3.10. The molecular formula is C19H23BrN4O3. The van der Waals surface area contributed by atoms with Crippen molar-refractivity contribution in [3.8, 4) is 0 Å². The maximum absolute atomic E-state index is 12.8. The quantitative estimate of drug-likeness (QED) is 0.647. The van der Waals surface area contributed by atoms with Gasteiger partial charge in [-0.25, -0.2) is 4.98 Å². The number of halogens is 1. The Kier molecular flexibility index (Phi) is 6.54. The number of aldehydes is 1. The van der Waals surface area contributed by atoms with Gasteiger partial charge in [-0.3, -0.25) is 9.59 Å². The van der Waals surface area contributed by atoms with Crippen LogP contribution in [-0.2, 0) is 22.6 Å². The fraction of sp³-hybridized carbons (Fsp3) is 0.368. The Morgan fingerprint density at radius 1 is 1.33 bits per heavy atom. The summed E-state index contributed by atoms with van der Waals surface area (Å²) in [4.78, 5) is 41.1. The first kappa shape index (κ1) is 20.8. The van der Waals surface area contributed by atoms with Gasteiger partial charge in [-0.2, -0.15) is 0 Å². The third-order valence-corrected chi connectivity index (χ3v) is 4.51. The molecule has 0 fully saturated rings. The maximum atomic E-state index is 12.8. The predicted molar refractivity (Wildman–Crippen MR) is 107 cm³/mol. The molecule has 2 aromatic rings. The maximum Gasteiger partial charge on any atom is 0.273 e.